The van der Waals surface area contributed by atoms with Crippen molar-refractivity contribution >= 4 is 17.3 Å². The highest BCUT2D eigenvalue weighted by Crippen LogP contribution is 2.46. The first-order valence-corrected chi connectivity index (χ1v) is 8.74. The Kier molecular flexibility index (Phi) is 4.24. The number of piperazine rings is 1. The van der Waals surface area contributed by atoms with Gasteiger partial charge in [0.2, 0.25) is 5.91 Å². The van der Waals surface area contributed by atoms with Crippen molar-refractivity contribution < 1.29 is 9.53 Å². The molecule has 5 heteroatoms. The molecular weight excluding hydrogens is 302 g/mol. The molecular formula is C19H29N3O2. The molecule has 1 saturated heterocycles. The summed E-state index contributed by atoms with van der Waals surface area (Å²) in [6, 6.07) is 5.12. The summed E-state index contributed by atoms with van der Waals surface area (Å²) in [6.07, 6.45) is 0. The van der Waals surface area contributed by atoms with Crippen LogP contribution in [0, 0.1) is 0 Å². The molecule has 0 spiro atoms. The van der Waals surface area contributed by atoms with Crippen LogP contribution in [-0.4, -0.2) is 44.7 Å². The summed E-state index contributed by atoms with van der Waals surface area (Å²) in [5.74, 6) is 0.994. The number of ether oxygens (including phenoxy) is 1. The van der Waals surface area contributed by atoms with Gasteiger partial charge in [0.15, 0.2) is 0 Å². The fraction of sp³-hybridized carbons (Fsp3) is 0.632. The van der Waals surface area contributed by atoms with Crippen LogP contribution in [0.2, 0.25) is 0 Å². The number of anilines is 2. The molecule has 1 N–H and O–H groups in total. The van der Waals surface area contributed by atoms with Crippen molar-refractivity contribution in [2.24, 2.45) is 0 Å². The summed E-state index contributed by atoms with van der Waals surface area (Å²) in [6.45, 7) is 13.0. The maximum Gasteiger partial charge on any atom is 0.223 e. The summed E-state index contributed by atoms with van der Waals surface area (Å²) in [5.41, 5.74) is 3.24. The normalized spacial score (nSPS) is 25.6. The highest BCUT2D eigenvalue weighted by molar-refractivity contribution is 5.96. The number of carbonyl (C=O) groups is 1. The number of methoxy groups -OCH3 is 1. The highest BCUT2D eigenvalue weighted by Gasteiger charge is 2.38. The Labute approximate surface area is 145 Å². The zero-order valence-electron chi connectivity index (χ0n) is 15.6. The van der Waals surface area contributed by atoms with Gasteiger partial charge in [-0.3, -0.25) is 4.79 Å². The molecule has 2 aliphatic rings. The Morgan fingerprint density at radius 1 is 1.21 bits per heavy atom. The average molecular weight is 331 g/mol. The van der Waals surface area contributed by atoms with Crippen LogP contribution in [0.4, 0.5) is 11.4 Å². The number of nitrogens with zero attached hydrogens (tertiary/aromatic N) is 2. The van der Waals surface area contributed by atoms with Crippen LogP contribution in [-0.2, 0) is 10.2 Å². The summed E-state index contributed by atoms with van der Waals surface area (Å²) >= 11 is 0. The number of hydrogen-bond acceptors (Lipinski definition) is 4. The Balaban J connectivity index is 2.08. The van der Waals surface area contributed by atoms with Crippen LogP contribution in [0.25, 0.3) is 0 Å². The van der Waals surface area contributed by atoms with Gasteiger partial charge >= 0.3 is 0 Å². The number of carbonyl (C=O) groups excluding carboxylic acids is 1. The number of rotatable bonds is 2. The lowest BCUT2D eigenvalue weighted by atomic mass is 9.86. The Bertz CT molecular complexity index is 646. The quantitative estimate of drug-likeness (QED) is 0.904. The fourth-order valence-corrected chi connectivity index (χ4v) is 4.10. The molecule has 0 saturated carbocycles. The Morgan fingerprint density at radius 2 is 1.83 bits per heavy atom. The molecule has 132 valence electrons. The van der Waals surface area contributed by atoms with Crippen molar-refractivity contribution in [1.29, 1.82) is 0 Å². The molecule has 5 nitrogen and oxygen atoms in total. The maximum absolute atomic E-state index is 12.1. The summed E-state index contributed by atoms with van der Waals surface area (Å²) in [5, 5.41) is 3.56. The van der Waals surface area contributed by atoms with Crippen LogP contribution in [0.1, 0.15) is 40.2 Å². The maximum atomic E-state index is 12.1. The van der Waals surface area contributed by atoms with Crippen molar-refractivity contribution in [3.63, 3.8) is 0 Å². The van der Waals surface area contributed by atoms with Crippen molar-refractivity contribution in [1.82, 2.24) is 5.32 Å². The van der Waals surface area contributed by atoms with E-state index in [4.69, 9.17) is 4.74 Å². The minimum Gasteiger partial charge on any atom is -0.495 e. The van der Waals surface area contributed by atoms with E-state index in [1.807, 2.05) is 4.90 Å². The van der Waals surface area contributed by atoms with E-state index in [9.17, 15) is 4.79 Å². The summed E-state index contributed by atoms with van der Waals surface area (Å²) in [4.78, 5) is 16.4. The van der Waals surface area contributed by atoms with E-state index in [-0.39, 0.29) is 11.3 Å². The second kappa shape index (κ2) is 5.96. The van der Waals surface area contributed by atoms with E-state index >= 15 is 0 Å². The second-order valence-corrected chi connectivity index (χ2v) is 7.90. The van der Waals surface area contributed by atoms with Crippen LogP contribution in [0.5, 0.6) is 5.75 Å². The topological polar surface area (TPSA) is 44.8 Å². The zero-order chi connectivity index (χ0) is 17.6. The lowest BCUT2D eigenvalue weighted by molar-refractivity contribution is -0.116. The monoisotopic (exact) mass is 331 g/mol. The third-order valence-corrected chi connectivity index (χ3v) is 5.15. The molecule has 0 bridgehead atoms. The highest BCUT2D eigenvalue weighted by atomic mass is 16.5. The molecule has 2 aliphatic heterocycles. The molecule has 1 aromatic rings. The minimum absolute atomic E-state index is 0.0587. The van der Waals surface area contributed by atoms with Gasteiger partial charge in [0.25, 0.3) is 0 Å². The first kappa shape index (κ1) is 17.1. The molecule has 0 radical (unpaired) electrons. The summed E-state index contributed by atoms with van der Waals surface area (Å²) < 4.78 is 5.72. The first-order chi connectivity index (χ1) is 11.2. The predicted octanol–water partition coefficient (Wildman–Crippen LogP) is 2.53. The molecule has 0 aliphatic carbocycles. The van der Waals surface area contributed by atoms with Crippen LogP contribution < -0.4 is 19.9 Å². The molecule has 1 amide bonds. The standard InChI is InChI=1S/C19H29N3O2/c1-12-9-21(10-13(2)20-12)17-8-16-15(7-18(17)24-6)19(4,5)11-22(16)14(3)23/h7-8,12-13,20H,9-11H2,1-6H3/t12-,13+. The van der Waals surface area contributed by atoms with Gasteiger partial charge in [-0.2, -0.15) is 0 Å². The van der Waals surface area contributed by atoms with E-state index < -0.39 is 0 Å². The van der Waals surface area contributed by atoms with Gasteiger partial charge in [-0.15, -0.1) is 0 Å². The molecule has 2 atom stereocenters. The zero-order valence-corrected chi connectivity index (χ0v) is 15.6. The van der Waals surface area contributed by atoms with E-state index in [1.54, 1.807) is 14.0 Å². The lowest BCUT2D eigenvalue weighted by Crippen LogP contribution is -2.54. The van der Waals surface area contributed by atoms with E-state index in [1.165, 1.54) is 5.56 Å². The van der Waals surface area contributed by atoms with Gasteiger partial charge in [0.1, 0.15) is 5.75 Å². The van der Waals surface area contributed by atoms with Crippen LogP contribution in [0.3, 0.4) is 0 Å². The number of nitrogens with one attached hydrogen (secondary N) is 1. The average Bonchev–Trinajstić information content (AvgIpc) is 2.76. The van der Waals surface area contributed by atoms with Gasteiger partial charge in [0.05, 0.1) is 12.8 Å². The van der Waals surface area contributed by atoms with Crippen molar-refractivity contribution in [2.75, 3.05) is 36.5 Å². The second-order valence-electron chi connectivity index (χ2n) is 7.90. The van der Waals surface area contributed by atoms with E-state index in [2.05, 4.69) is 50.0 Å². The third-order valence-electron chi connectivity index (χ3n) is 5.15. The minimum atomic E-state index is -0.0587. The first-order valence-electron chi connectivity index (χ1n) is 8.74. The largest absolute Gasteiger partial charge is 0.495 e. The molecule has 0 aromatic heterocycles. The number of hydrogen-bond donors (Lipinski definition) is 1. The van der Waals surface area contributed by atoms with E-state index in [0.717, 1.165) is 36.8 Å². The van der Waals surface area contributed by atoms with Crippen molar-refractivity contribution in [3.05, 3.63) is 17.7 Å². The molecule has 1 fully saturated rings. The molecule has 2 heterocycles. The molecule has 24 heavy (non-hydrogen) atoms. The lowest BCUT2D eigenvalue weighted by Gasteiger charge is -2.38. The van der Waals surface area contributed by atoms with Crippen LogP contribution in [0.15, 0.2) is 12.1 Å². The van der Waals surface area contributed by atoms with Gasteiger partial charge in [-0.05, 0) is 31.5 Å². The van der Waals surface area contributed by atoms with Crippen molar-refractivity contribution in [3.8, 4) is 5.75 Å². The van der Waals surface area contributed by atoms with Gasteiger partial charge < -0.3 is 19.9 Å². The molecule has 0 unspecified atom stereocenters. The Hall–Kier alpha value is -1.75. The fourth-order valence-electron chi connectivity index (χ4n) is 4.10. The van der Waals surface area contributed by atoms with Crippen molar-refractivity contribution in [2.45, 2.75) is 52.1 Å². The number of benzene rings is 1. The SMILES string of the molecule is COc1cc2c(cc1N1C[C@@H](C)N[C@@H](C)C1)N(C(C)=O)CC2(C)C. The van der Waals surface area contributed by atoms with Gasteiger partial charge in [-0.25, -0.2) is 0 Å². The van der Waals surface area contributed by atoms with Gasteiger partial charge in [0, 0.05) is 49.7 Å². The summed E-state index contributed by atoms with van der Waals surface area (Å²) in [7, 11) is 1.73. The Morgan fingerprint density at radius 3 is 2.38 bits per heavy atom. The van der Waals surface area contributed by atoms with Gasteiger partial charge in [-0.1, -0.05) is 13.8 Å². The van der Waals surface area contributed by atoms with E-state index in [0.29, 0.717) is 12.1 Å². The number of fused-ring (bicyclic) bond motifs is 1. The van der Waals surface area contributed by atoms with Crippen LogP contribution >= 0.6 is 0 Å². The predicted molar refractivity (Wildman–Crippen MR) is 98.3 cm³/mol. The number of amides is 1. The third kappa shape index (κ3) is 2.86. The molecule has 3 rings (SSSR count). The molecule has 1 aromatic carbocycles. The smallest absolute Gasteiger partial charge is 0.223 e.